The molecule has 1 atom stereocenters. The van der Waals surface area contributed by atoms with Crippen molar-refractivity contribution >= 4 is 11.8 Å². The molecule has 0 aromatic heterocycles. The number of carbonyl (C=O) groups is 1. The number of hydrogen-bond acceptors (Lipinski definition) is 4. The van der Waals surface area contributed by atoms with Gasteiger partial charge in [0.15, 0.2) is 0 Å². The molecule has 1 fully saturated rings. The second-order valence-corrected chi connectivity index (χ2v) is 7.75. The normalized spacial score (nSPS) is 18.1. The summed E-state index contributed by atoms with van der Waals surface area (Å²) in [5.41, 5.74) is 1.96. The zero-order chi connectivity index (χ0) is 17.7. The van der Waals surface area contributed by atoms with E-state index in [2.05, 4.69) is 42.5 Å². The average molecular weight is 333 g/mol. The molecular formula is C19H31N3O2. The van der Waals surface area contributed by atoms with E-state index in [1.807, 2.05) is 31.7 Å². The van der Waals surface area contributed by atoms with E-state index in [0.29, 0.717) is 0 Å². The van der Waals surface area contributed by atoms with Crippen LogP contribution in [0, 0.1) is 0 Å². The first-order chi connectivity index (χ1) is 11.3. The Kier molecular flexibility index (Phi) is 6.10. The standard InChI is InChI=1S/C19H31N3O2/c1-19(2,3)24-18(23)22-12-8-10-16(22)13-20-17-11-7-6-9-15(17)14-21(4)5/h6-7,9,11,16,20H,8,10,12-14H2,1-5H3. The predicted octanol–water partition coefficient (Wildman–Crippen LogP) is 3.56. The predicted molar refractivity (Wildman–Crippen MR) is 98.3 cm³/mol. The number of likely N-dealkylation sites (tertiary alicyclic amines) is 1. The van der Waals surface area contributed by atoms with Crippen molar-refractivity contribution in [2.75, 3.05) is 32.5 Å². The van der Waals surface area contributed by atoms with Gasteiger partial charge in [0, 0.05) is 25.3 Å². The van der Waals surface area contributed by atoms with E-state index in [0.717, 1.165) is 38.2 Å². The van der Waals surface area contributed by atoms with Crippen LogP contribution < -0.4 is 5.32 Å². The smallest absolute Gasteiger partial charge is 0.410 e. The minimum atomic E-state index is -0.448. The van der Waals surface area contributed by atoms with Gasteiger partial charge in [0.2, 0.25) is 0 Å². The topological polar surface area (TPSA) is 44.8 Å². The third-order valence-corrected chi connectivity index (χ3v) is 4.04. The molecule has 1 aromatic rings. The van der Waals surface area contributed by atoms with E-state index in [1.54, 1.807) is 0 Å². The third-order valence-electron chi connectivity index (χ3n) is 4.04. The highest BCUT2D eigenvalue weighted by Crippen LogP contribution is 2.22. The van der Waals surface area contributed by atoms with Gasteiger partial charge in [-0.2, -0.15) is 0 Å². The number of carbonyl (C=O) groups excluding carboxylic acids is 1. The quantitative estimate of drug-likeness (QED) is 0.895. The molecule has 1 saturated heterocycles. The molecule has 5 heteroatoms. The molecule has 0 aliphatic carbocycles. The molecular weight excluding hydrogens is 302 g/mol. The van der Waals surface area contributed by atoms with Crippen molar-refractivity contribution in [1.29, 1.82) is 0 Å². The van der Waals surface area contributed by atoms with Gasteiger partial charge in [-0.05, 0) is 59.3 Å². The van der Waals surface area contributed by atoms with E-state index in [4.69, 9.17) is 4.74 Å². The highest BCUT2D eigenvalue weighted by Gasteiger charge is 2.31. The van der Waals surface area contributed by atoms with Crippen molar-refractivity contribution in [2.24, 2.45) is 0 Å². The number of hydrogen-bond donors (Lipinski definition) is 1. The molecule has 134 valence electrons. The second kappa shape index (κ2) is 7.88. The van der Waals surface area contributed by atoms with Crippen LogP contribution in [0.4, 0.5) is 10.5 Å². The molecule has 5 nitrogen and oxygen atoms in total. The third kappa shape index (κ3) is 5.41. The van der Waals surface area contributed by atoms with Crippen molar-refractivity contribution < 1.29 is 9.53 Å². The molecule has 0 spiro atoms. The molecule has 1 aliphatic heterocycles. The van der Waals surface area contributed by atoms with Crippen LogP contribution in [0.15, 0.2) is 24.3 Å². The van der Waals surface area contributed by atoms with Gasteiger partial charge in [-0.1, -0.05) is 18.2 Å². The fourth-order valence-corrected chi connectivity index (χ4v) is 3.01. The average Bonchev–Trinajstić information content (AvgIpc) is 2.92. The van der Waals surface area contributed by atoms with Crippen LogP contribution in [0.3, 0.4) is 0 Å². The van der Waals surface area contributed by atoms with Gasteiger partial charge < -0.3 is 19.9 Å². The summed E-state index contributed by atoms with van der Waals surface area (Å²) in [7, 11) is 4.13. The lowest BCUT2D eigenvalue weighted by molar-refractivity contribution is 0.0235. The zero-order valence-corrected chi connectivity index (χ0v) is 15.6. The summed E-state index contributed by atoms with van der Waals surface area (Å²) < 4.78 is 5.53. The summed E-state index contributed by atoms with van der Waals surface area (Å²) in [6, 6.07) is 8.54. The Morgan fingerprint density at radius 2 is 2.04 bits per heavy atom. The van der Waals surface area contributed by atoms with Crippen molar-refractivity contribution in [1.82, 2.24) is 9.80 Å². The fourth-order valence-electron chi connectivity index (χ4n) is 3.01. The maximum atomic E-state index is 12.4. The summed E-state index contributed by atoms with van der Waals surface area (Å²) in [4.78, 5) is 16.4. The Bertz CT molecular complexity index is 552. The maximum Gasteiger partial charge on any atom is 0.410 e. The molecule has 0 saturated carbocycles. The Morgan fingerprint density at radius 1 is 1.33 bits per heavy atom. The second-order valence-electron chi connectivity index (χ2n) is 7.75. The van der Waals surface area contributed by atoms with Crippen LogP contribution in [0.1, 0.15) is 39.2 Å². The van der Waals surface area contributed by atoms with Gasteiger partial charge in [-0.3, -0.25) is 0 Å². The van der Waals surface area contributed by atoms with Gasteiger partial charge in [-0.25, -0.2) is 4.79 Å². The number of anilines is 1. The Hall–Kier alpha value is -1.75. The highest BCUT2D eigenvalue weighted by molar-refractivity contribution is 5.69. The minimum absolute atomic E-state index is 0.187. The molecule has 0 radical (unpaired) electrons. The van der Waals surface area contributed by atoms with Crippen molar-refractivity contribution in [3.8, 4) is 0 Å². The van der Waals surface area contributed by atoms with E-state index in [1.165, 1.54) is 5.56 Å². The first-order valence-electron chi connectivity index (χ1n) is 8.72. The molecule has 2 rings (SSSR count). The van der Waals surface area contributed by atoms with Gasteiger partial charge >= 0.3 is 6.09 Å². The van der Waals surface area contributed by atoms with Gasteiger partial charge in [0.1, 0.15) is 5.60 Å². The molecule has 24 heavy (non-hydrogen) atoms. The Labute approximate surface area is 146 Å². The van der Waals surface area contributed by atoms with Crippen LogP contribution >= 0.6 is 0 Å². The highest BCUT2D eigenvalue weighted by atomic mass is 16.6. The van der Waals surface area contributed by atoms with Crippen molar-refractivity contribution in [2.45, 2.75) is 51.8 Å². The molecule has 1 unspecified atom stereocenters. The van der Waals surface area contributed by atoms with E-state index < -0.39 is 5.60 Å². The number of amides is 1. The van der Waals surface area contributed by atoms with E-state index in [9.17, 15) is 4.79 Å². The Balaban J connectivity index is 1.97. The van der Waals surface area contributed by atoms with Crippen LogP contribution in [0.2, 0.25) is 0 Å². The van der Waals surface area contributed by atoms with Gasteiger partial charge in [0.25, 0.3) is 0 Å². The van der Waals surface area contributed by atoms with Crippen molar-refractivity contribution in [3.05, 3.63) is 29.8 Å². The van der Waals surface area contributed by atoms with Crippen LogP contribution in [-0.2, 0) is 11.3 Å². The molecule has 1 N–H and O–H groups in total. The monoisotopic (exact) mass is 333 g/mol. The number of para-hydroxylation sites is 1. The summed E-state index contributed by atoms with van der Waals surface area (Å²) in [6.45, 7) is 8.15. The molecule has 0 bridgehead atoms. The largest absolute Gasteiger partial charge is 0.444 e. The number of benzene rings is 1. The molecule has 1 aromatic carbocycles. The summed E-state index contributed by atoms with van der Waals surface area (Å²) >= 11 is 0. The summed E-state index contributed by atoms with van der Waals surface area (Å²) in [6.07, 6.45) is 1.85. The number of nitrogens with one attached hydrogen (secondary N) is 1. The lowest BCUT2D eigenvalue weighted by Crippen LogP contribution is -2.42. The zero-order valence-electron chi connectivity index (χ0n) is 15.6. The van der Waals surface area contributed by atoms with Crippen LogP contribution in [-0.4, -0.2) is 54.7 Å². The molecule has 1 aliphatic rings. The first kappa shape index (κ1) is 18.6. The summed E-state index contributed by atoms with van der Waals surface area (Å²) in [5.74, 6) is 0. The van der Waals surface area contributed by atoms with E-state index in [-0.39, 0.29) is 12.1 Å². The molecule has 1 heterocycles. The first-order valence-corrected chi connectivity index (χ1v) is 8.72. The van der Waals surface area contributed by atoms with Gasteiger partial charge in [-0.15, -0.1) is 0 Å². The SMILES string of the molecule is CN(C)Cc1ccccc1NCC1CCCN1C(=O)OC(C)(C)C. The number of ether oxygens (including phenoxy) is 1. The van der Waals surface area contributed by atoms with Crippen LogP contribution in [0.25, 0.3) is 0 Å². The lowest BCUT2D eigenvalue weighted by atomic mass is 10.1. The number of rotatable bonds is 5. The summed E-state index contributed by atoms with van der Waals surface area (Å²) in [5, 5.41) is 3.53. The van der Waals surface area contributed by atoms with Crippen molar-refractivity contribution in [3.63, 3.8) is 0 Å². The maximum absolute atomic E-state index is 12.4. The van der Waals surface area contributed by atoms with E-state index >= 15 is 0 Å². The van der Waals surface area contributed by atoms with Gasteiger partial charge in [0.05, 0.1) is 6.04 Å². The minimum Gasteiger partial charge on any atom is -0.444 e. The molecule has 1 amide bonds. The lowest BCUT2D eigenvalue weighted by Gasteiger charge is -2.29. The van der Waals surface area contributed by atoms with Crippen LogP contribution in [0.5, 0.6) is 0 Å². The number of nitrogens with zero attached hydrogens (tertiary/aromatic N) is 2. The fraction of sp³-hybridized carbons (Fsp3) is 0.632. The Morgan fingerprint density at radius 3 is 2.71 bits per heavy atom.